The maximum absolute atomic E-state index is 12.3. The minimum Gasteiger partial charge on any atom is -0.482 e. The van der Waals surface area contributed by atoms with Crippen molar-refractivity contribution in [1.82, 2.24) is 0 Å². The van der Waals surface area contributed by atoms with Crippen LogP contribution >= 0.6 is 0 Å². The topological polar surface area (TPSA) is 63.6 Å². The molecule has 120 valence electrons. The summed E-state index contributed by atoms with van der Waals surface area (Å²) in [5, 5.41) is 8.56. The van der Waals surface area contributed by atoms with Gasteiger partial charge >= 0.3 is 12.1 Å². The van der Waals surface area contributed by atoms with Gasteiger partial charge in [0.05, 0.1) is 6.42 Å². The summed E-state index contributed by atoms with van der Waals surface area (Å²) in [7, 11) is 0. The number of Topliss-reactive ketones (excluding diaryl/α,β-unsaturated/α-hetero) is 1. The summed E-state index contributed by atoms with van der Waals surface area (Å²) in [6.45, 7) is 5.79. The number of carboxylic acid groups (broad SMARTS) is 1. The highest BCUT2D eigenvalue weighted by Crippen LogP contribution is 2.29. The van der Waals surface area contributed by atoms with Crippen LogP contribution in [0.5, 0.6) is 5.75 Å². The van der Waals surface area contributed by atoms with Crippen LogP contribution in [0, 0.1) is 13.8 Å². The van der Waals surface area contributed by atoms with E-state index in [1.165, 1.54) is 12.1 Å². The quantitative estimate of drug-likeness (QED) is 0.645. The number of alkyl halides is 3. The highest BCUT2D eigenvalue weighted by Gasteiger charge is 2.31. The van der Waals surface area contributed by atoms with Crippen LogP contribution in [0.2, 0.25) is 0 Å². The Kier molecular flexibility index (Phi) is 5.35. The fourth-order valence-electron chi connectivity index (χ4n) is 1.85. The number of ether oxygens (including phenoxy) is 1. The van der Waals surface area contributed by atoms with E-state index in [2.05, 4.69) is 6.58 Å². The van der Waals surface area contributed by atoms with Crippen molar-refractivity contribution in [2.45, 2.75) is 26.4 Å². The van der Waals surface area contributed by atoms with Gasteiger partial charge in [-0.05, 0) is 37.1 Å². The van der Waals surface area contributed by atoms with E-state index in [-0.39, 0.29) is 11.3 Å². The predicted molar refractivity (Wildman–Crippen MR) is 73.2 cm³/mol. The number of ketones is 1. The van der Waals surface area contributed by atoms with E-state index in [0.29, 0.717) is 11.1 Å². The Morgan fingerprint density at radius 3 is 2.32 bits per heavy atom. The monoisotopic (exact) mass is 316 g/mol. The minimum atomic E-state index is -4.50. The van der Waals surface area contributed by atoms with Gasteiger partial charge in [0.1, 0.15) is 5.75 Å². The molecule has 0 aliphatic rings. The third-order valence-corrected chi connectivity index (χ3v) is 3.07. The number of rotatable bonds is 6. The van der Waals surface area contributed by atoms with Gasteiger partial charge in [-0.3, -0.25) is 4.79 Å². The van der Waals surface area contributed by atoms with Crippen molar-refractivity contribution < 1.29 is 32.6 Å². The van der Waals surface area contributed by atoms with Crippen LogP contribution in [0.25, 0.3) is 0 Å². The molecule has 0 radical (unpaired) electrons. The van der Waals surface area contributed by atoms with Gasteiger partial charge in [0, 0.05) is 11.1 Å². The number of halogens is 3. The van der Waals surface area contributed by atoms with Crippen LogP contribution in [0.3, 0.4) is 0 Å². The predicted octanol–water partition coefficient (Wildman–Crippen LogP) is 3.46. The smallest absolute Gasteiger partial charge is 0.393 e. The van der Waals surface area contributed by atoms with Gasteiger partial charge in [-0.15, -0.1) is 0 Å². The standard InChI is InChI=1S/C15H15F3O4/c1-8(6-15(16,17)18)14(21)11-4-5-12(10(3)9(11)2)22-7-13(19)20/h4-5H,1,6-7H2,2-3H3,(H,19,20). The molecule has 1 N–H and O–H groups in total. The van der Waals surface area contributed by atoms with Crippen LogP contribution in [-0.2, 0) is 4.79 Å². The lowest BCUT2D eigenvalue weighted by Crippen LogP contribution is -2.15. The number of aliphatic carboxylic acids is 1. The molecule has 7 heteroatoms. The maximum Gasteiger partial charge on any atom is 0.393 e. The van der Waals surface area contributed by atoms with Crippen LogP contribution < -0.4 is 4.74 Å². The molecule has 0 atom stereocenters. The molecule has 22 heavy (non-hydrogen) atoms. The van der Waals surface area contributed by atoms with Gasteiger partial charge in [0.2, 0.25) is 0 Å². The number of benzene rings is 1. The molecule has 1 rings (SSSR count). The normalized spacial score (nSPS) is 11.1. The Morgan fingerprint density at radius 2 is 1.82 bits per heavy atom. The van der Waals surface area contributed by atoms with Crippen molar-refractivity contribution >= 4 is 11.8 Å². The Balaban J connectivity index is 3.02. The van der Waals surface area contributed by atoms with E-state index in [1.807, 2.05) is 0 Å². The van der Waals surface area contributed by atoms with E-state index in [4.69, 9.17) is 9.84 Å². The first-order chi connectivity index (χ1) is 10.0. The average Bonchev–Trinajstić information content (AvgIpc) is 2.37. The summed E-state index contributed by atoms with van der Waals surface area (Å²) in [5.41, 5.74) is 0.465. The van der Waals surface area contributed by atoms with E-state index in [9.17, 15) is 22.8 Å². The van der Waals surface area contributed by atoms with Gasteiger partial charge in [-0.2, -0.15) is 13.2 Å². The Labute approximate surface area is 125 Å². The number of allylic oxidation sites excluding steroid dienone is 1. The molecule has 0 heterocycles. The lowest BCUT2D eigenvalue weighted by Gasteiger charge is -2.14. The summed E-state index contributed by atoms with van der Waals surface area (Å²) in [6, 6.07) is 2.67. The Hall–Kier alpha value is -2.31. The minimum absolute atomic E-state index is 0.0921. The third kappa shape index (κ3) is 4.61. The van der Waals surface area contributed by atoms with Crippen molar-refractivity contribution in [3.63, 3.8) is 0 Å². The summed E-state index contributed by atoms with van der Waals surface area (Å²) < 4.78 is 42.0. The van der Waals surface area contributed by atoms with E-state index in [1.54, 1.807) is 13.8 Å². The highest BCUT2D eigenvalue weighted by molar-refractivity contribution is 6.09. The zero-order valence-corrected chi connectivity index (χ0v) is 12.1. The molecule has 0 spiro atoms. The Morgan fingerprint density at radius 1 is 1.23 bits per heavy atom. The van der Waals surface area contributed by atoms with Crippen LogP contribution in [-0.4, -0.2) is 29.6 Å². The first kappa shape index (κ1) is 17.7. The van der Waals surface area contributed by atoms with Crippen LogP contribution in [0.15, 0.2) is 24.3 Å². The largest absolute Gasteiger partial charge is 0.482 e. The molecule has 0 fully saturated rings. The fraction of sp³-hybridized carbons (Fsp3) is 0.333. The van der Waals surface area contributed by atoms with Crippen molar-refractivity contribution in [3.05, 3.63) is 41.0 Å². The number of carbonyl (C=O) groups excluding carboxylic acids is 1. The molecule has 0 bridgehead atoms. The fourth-order valence-corrected chi connectivity index (χ4v) is 1.85. The van der Waals surface area contributed by atoms with Gasteiger partial charge in [0.25, 0.3) is 0 Å². The molecular weight excluding hydrogens is 301 g/mol. The van der Waals surface area contributed by atoms with Crippen LogP contribution in [0.1, 0.15) is 27.9 Å². The van der Waals surface area contributed by atoms with Gasteiger partial charge < -0.3 is 9.84 Å². The summed E-state index contributed by atoms with van der Waals surface area (Å²) >= 11 is 0. The van der Waals surface area contributed by atoms with Crippen LogP contribution in [0.4, 0.5) is 13.2 Å². The molecule has 0 aliphatic carbocycles. The lowest BCUT2D eigenvalue weighted by atomic mass is 9.95. The van der Waals surface area contributed by atoms with E-state index < -0.39 is 36.5 Å². The maximum atomic E-state index is 12.3. The molecule has 1 aromatic carbocycles. The second kappa shape index (κ2) is 6.64. The molecule has 0 unspecified atom stereocenters. The molecule has 0 saturated carbocycles. The zero-order valence-electron chi connectivity index (χ0n) is 12.1. The van der Waals surface area contributed by atoms with Crippen molar-refractivity contribution in [2.75, 3.05) is 6.61 Å². The second-order valence-corrected chi connectivity index (χ2v) is 4.77. The third-order valence-electron chi connectivity index (χ3n) is 3.07. The first-order valence-electron chi connectivity index (χ1n) is 6.27. The average molecular weight is 316 g/mol. The van der Waals surface area contributed by atoms with Gasteiger partial charge in [-0.25, -0.2) is 4.79 Å². The van der Waals surface area contributed by atoms with Gasteiger partial charge in [0.15, 0.2) is 12.4 Å². The van der Waals surface area contributed by atoms with Crippen molar-refractivity contribution in [2.24, 2.45) is 0 Å². The second-order valence-electron chi connectivity index (χ2n) is 4.77. The van der Waals surface area contributed by atoms with E-state index >= 15 is 0 Å². The summed E-state index contributed by atoms with van der Waals surface area (Å²) in [6.07, 6.45) is -5.87. The summed E-state index contributed by atoms with van der Waals surface area (Å²) in [5.74, 6) is -1.68. The number of carbonyl (C=O) groups is 2. The highest BCUT2D eigenvalue weighted by atomic mass is 19.4. The number of carboxylic acids is 1. The first-order valence-corrected chi connectivity index (χ1v) is 6.27. The van der Waals surface area contributed by atoms with E-state index in [0.717, 1.165) is 0 Å². The lowest BCUT2D eigenvalue weighted by molar-refractivity contribution is -0.139. The summed E-state index contributed by atoms with van der Waals surface area (Å²) in [4.78, 5) is 22.5. The zero-order chi connectivity index (χ0) is 17.1. The number of hydrogen-bond acceptors (Lipinski definition) is 3. The molecule has 1 aromatic rings. The molecule has 0 aromatic heterocycles. The molecule has 0 saturated heterocycles. The SMILES string of the molecule is C=C(CC(F)(F)F)C(=O)c1ccc(OCC(=O)O)c(C)c1C. The molecule has 0 amide bonds. The Bertz CT molecular complexity index is 618. The number of hydrogen-bond donors (Lipinski definition) is 1. The van der Waals surface area contributed by atoms with Crippen molar-refractivity contribution in [3.8, 4) is 5.75 Å². The molecule has 0 aliphatic heterocycles. The van der Waals surface area contributed by atoms with Gasteiger partial charge in [-0.1, -0.05) is 6.58 Å². The van der Waals surface area contributed by atoms with Crippen molar-refractivity contribution in [1.29, 1.82) is 0 Å². The molecular formula is C15H15F3O4. The molecule has 4 nitrogen and oxygen atoms in total.